The monoisotopic (exact) mass is 342 g/mol. The van der Waals surface area contributed by atoms with Crippen molar-refractivity contribution in [2.24, 2.45) is 0 Å². The van der Waals surface area contributed by atoms with Gasteiger partial charge in [0.2, 0.25) is 0 Å². The third kappa shape index (κ3) is 4.46. The fourth-order valence-corrected chi connectivity index (χ4v) is 4.11. The average molecular weight is 343 g/mol. The molecule has 2 heterocycles. The first-order valence-corrected chi connectivity index (χ1v) is 9.79. The van der Waals surface area contributed by atoms with Gasteiger partial charge in [-0.2, -0.15) is 11.3 Å². The van der Waals surface area contributed by atoms with Crippen LogP contribution in [-0.4, -0.2) is 30.4 Å². The molecule has 1 aliphatic heterocycles. The number of nitrogens with one attached hydrogen (secondary N) is 1. The Kier molecular flexibility index (Phi) is 6.05. The molecule has 3 nitrogen and oxygen atoms in total. The van der Waals surface area contributed by atoms with Crippen molar-refractivity contribution in [3.8, 4) is 0 Å². The van der Waals surface area contributed by atoms with Gasteiger partial charge in [-0.15, -0.1) is 0 Å². The van der Waals surface area contributed by atoms with E-state index in [-0.39, 0.29) is 11.9 Å². The van der Waals surface area contributed by atoms with Crippen LogP contribution >= 0.6 is 11.3 Å². The molecule has 1 fully saturated rings. The minimum Gasteiger partial charge on any atom is -0.350 e. The zero-order valence-electron chi connectivity index (χ0n) is 14.3. The van der Waals surface area contributed by atoms with E-state index in [9.17, 15) is 4.79 Å². The summed E-state index contributed by atoms with van der Waals surface area (Å²) in [6.07, 6.45) is 5.16. The lowest BCUT2D eigenvalue weighted by Crippen LogP contribution is -2.38. The molecule has 1 aromatic carbocycles. The van der Waals surface area contributed by atoms with Crippen molar-refractivity contribution in [2.75, 3.05) is 19.6 Å². The van der Waals surface area contributed by atoms with E-state index in [1.165, 1.54) is 31.2 Å². The van der Waals surface area contributed by atoms with Gasteiger partial charge in [0.15, 0.2) is 0 Å². The van der Waals surface area contributed by atoms with E-state index in [4.69, 9.17) is 0 Å². The van der Waals surface area contributed by atoms with E-state index in [1.54, 1.807) is 11.3 Å². The fourth-order valence-electron chi connectivity index (χ4n) is 3.41. The Labute approximate surface area is 148 Å². The third-order valence-corrected chi connectivity index (χ3v) is 5.45. The number of carbonyl (C=O) groups excluding carboxylic acids is 1. The molecule has 1 aromatic heterocycles. The maximum atomic E-state index is 12.5. The molecule has 0 radical (unpaired) electrons. The molecular weight excluding hydrogens is 316 g/mol. The number of amides is 1. The van der Waals surface area contributed by atoms with Crippen LogP contribution in [-0.2, 0) is 0 Å². The molecule has 1 saturated heterocycles. The highest BCUT2D eigenvalue weighted by Crippen LogP contribution is 2.25. The van der Waals surface area contributed by atoms with Crippen molar-refractivity contribution in [3.63, 3.8) is 0 Å². The lowest BCUT2D eigenvalue weighted by atomic mass is 10.1. The Morgan fingerprint density at radius 1 is 1.21 bits per heavy atom. The van der Waals surface area contributed by atoms with Crippen LogP contribution in [0.15, 0.2) is 41.1 Å². The molecule has 3 rings (SSSR count). The fraction of sp³-hybridized carbons (Fsp3) is 0.450. The summed E-state index contributed by atoms with van der Waals surface area (Å²) in [5.74, 6) is 0.0220. The Morgan fingerprint density at radius 3 is 2.67 bits per heavy atom. The number of carbonyl (C=O) groups is 1. The van der Waals surface area contributed by atoms with Gasteiger partial charge in [0.05, 0.1) is 6.04 Å². The number of hydrogen-bond donors (Lipinski definition) is 1. The normalized spacial score (nSPS) is 17.2. The molecule has 128 valence electrons. The van der Waals surface area contributed by atoms with Crippen LogP contribution < -0.4 is 5.32 Å². The predicted octanol–water partition coefficient (Wildman–Crippen LogP) is 4.40. The van der Waals surface area contributed by atoms with Crippen LogP contribution in [0.25, 0.3) is 0 Å². The molecule has 1 aliphatic rings. The number of aryl methyl sites for hydroxylation is 1. The van der Waals surface area contributed by atoms with E-state index in [0.29, 0.717) is 6.54 Å². The molecule has 0 spiro atoms. The zero-order chi connectivity index (χ0) is 16.8. The summed E-state index contributed by atoms with van der Waals surface area (Å²) in [6, 6.07) is 10.3. The predicted molar refractivity (Wildman–Crippen MR) is 101 cm³/mol. The summed E-state index contributed by atoms with van der Waals surface area (Å²) in [4.78, 5) is 15.0. The topological polar surface area (TPSA) is 32.3 Å². The van der Waals surface area contributed by atoms with Gasteiger partial charge in [0, 0.05) is 12.1 Å². The largest absolute Gasteiger partial charge is 0.350 e. The maximum absolute atomic E-state index is 12.5. The number of rotatable bonds is 5. The van der Waals surface area contributed by atoms with Crippen molar-refractivity contribution in [3.05, 3.63) is 57.8 Å². The average Bonchev–Trinajstić information content (AvgIpc) is 2.98. The Morgan fingerprint density at radius 2 is 2.00 bits per heavy atom. The quantitative estimate of drug-likeness (QED) is 0.873. The van der Waals surface area contributed by atoms with E-state index >= 15 is 0 Å². The van der Waals surface area contributed by atoms with Crippen LogP contribution in [0.5, 0.6) is 0 Å². The number of likely N-dealkylation sites (tertiary alicyclic amines) is 1. The molecule has 2 aromatic rings. The minimum atomic E-state index is 0.0220. The number of hydrogen-bond acceptors (Lipinski definition) is 3. The maximum Gasteiger partial charge on any atom is 0.251 e. The summed E-state index contributed by atoms with van der Waals surface area (Å²) < 4.78 is 0. The van der Waals surface area contributed by atoms with Crippen LogP contribution in [0.3, 0.4) is 0 Å². The minimum absolute atomic E-state index is 0.0220. The standard InChI is InChI=1S/C20H26N2OS/c1-16-7-6-8-17(13-16)20(23)21-14-19(18-9-12-24-15-18)22-10-4-2-3-5-11-22/h6-9,12-13,15,19H,2-5,10-11,14H2,1H3,(H,21,23). The molecule has 24 heavy (non-hydrogen) atoms. The van der Waals surface area contributed by atoms with E-state index in [0.717, 1.165) is 24.2 Å². The highest BCUT2D eigenvalue weighted by Gasteiger charge is 2.22. The summed E-state index contributed by atoms with van der Waals surface area (Å²) in [6.45, 7) is 4.94. The van der Waals surface area contributed by atoms with Gasteiger partial charge in [0.1, 0.15) is 0 Å². The second-order valence-electron chi connectivity index (χ2n) is 6.60. The van der Waals surface area contributed by atoms with E-state index < -0.39 is 0 Å². The summed E-state index contributed by atoms with van der Waals surface area (Å²) >= 11 is 1.73. The second kappa shape index (κ2) is 8.45. The van der Waals surface area contributed by atoms with Gasteiger partial charge in [-0.3, -0.25) is 9.69 Å². The number of benzene rings is 1. The second-order valence-corrected chi connectivity index (χ2v) is 7.38. The van der Waals surface area contributed by atoms with Crippen molar-refractivity contribution in [1.29, 1.82) is 0 Å². The highest BCUT2D eigenvalue weighted by molar-refractivity contribution is 7.07. The van der Waals surface area contributed by atoms with Crippen molar-refractivity contribution >= 4 is 17.2 Å². The molecule has 4 heteroatoms. The van der Waals surface area contributed by atoms with Crippen LogP contribution in [0.1, 0.15) is 53.2 Å². The van der Waals surface area contributed by atoms with Crippen LogP contribution in [0.2, 0.25) is 0 Å². The van der Waals surface area contributed by atoms with E-state index in [2.05, 4.69) is 27.0 Å². The molecule has 1 unspecified atom stereocenters. The van der Waals surface area contributed by atoms with Crippen LogP contribution in [0, 0.1) is 6.92 Å². The Hall–Kier alpha value is -1.65. The number of thiophene rings is 1. The first kappa shape index (κ1) is 17.2. The lowest BCUT2D eigenvalue weighted by molar-refractivity contribution is 0.0933. The molecule has 1 N–H and O–H groups in total. The first-order chi connectivity index (χ1) is 11.7. The van der Waals surface area contributed by atoms with Crippen molar-refractivity contribution in [1.82, 2.24) is 10.2 Å². The smallest absolute Gasteiger partial charge is 0.251 e. The van der Waals surface area contributed by atoms with Crippen LogP contribution in [0.4, 0.5) is 0 Å². The third-order valence-electron chi connectivity index (χ3n) is 4.75. The SMILES string of the molecule is Cc1cccc(C(=O)NCC(c2ccsc2)N2CCCCCC2)c1. The molecule has 0 saturated carbocycles. The van der Waals surface area contributed by atoms with Gasteiger partial charge in [0.25, 0.3) is 5.91 Å². The van der Waals surface area contributed by atoms with Gasteiger partial charge in [-0.1, -0.05) is 30.5 Å². The lowest BCUT2D eigenvalue weighted by Gasteiger charge is -2.30. The van der Waals surface area contributed by atoms with Gasteiger partial charge in [-0.05, 0) is 67.4 Å². The highest BCUT2D eigenvalue weighted by atomic mass is 32.1. The Balaban J connectivity index is 1.69. The van der Waals surface area contributed by atoms with Crippen molar-refractivity contribution < 1.29 is 4.79 Å². The van der Waals surface area contributed by atoms with Crippen molar-refractivity contribution in [2.45, 2.75) is 38.6 Å². The molecular formula is C20H26N2OS. The van der Waals surface area contributed by atoms with E-state index in [1.807, 2.05) is 31.2 Å². The van der Waals surface area contributed by atoms with Gasteiger partial charge in [-0.25, -0.2) is 0 Å². The molecule has 0 aliphatic carbocycles. The van der Waals surface area contributed by atoms with Gasteiger partial charge < -0.3 is 5.32 Å². The summed E-state index contributed by atoms with van der Waals surface area (Å²) in [7, 11) is 0. The Bertz CT molecular complexity index is 645. The summed E-state index contributed by atoms with van der Waals surface area (Å²) in [5, 5.41) is 7.50. The first-order valence-electron chi connectivity index (χ1n) is 8.85. The van der Waals surface area contributed by atoms with Gasteiger partial charge >= 0.3 is 0 Å². The molecule has 1 atom stereocenters. The number of nitrogens with zero attached hydrogens (tertiary/aromatic N) is 1. The zero-order valence-corrected chi connectivity index (χ0v) is 15.1. The summed E-state index contributed by atoms with van der Waals surface area (Å²) in [5.41, 5.74) is 3.19. The molecule has 1 amide bonds. The molecule has 0 bridgehead atoms.